The maximum Gasteiger partial charge on any atom is 0.228 e. The van der Waals surface area contributed by atoms with Gasteiger partial charge in [0.15, 0.2) is 9.84 Å². The highest BCUT2D eigenvalue weighted by Crippen LogP contribution is 2.47. The highest BCUT2D eigenvalue weighted by Gasteiger charge is 2.69. The Morgan fingerprint density at radius 3 is 2.40 bits per heavy atom. The van der Waals surface area contributed by atoms with Crippen LogP contribution in [0.3, 0.4) is 0 Å². The summed E-state index contributed by atoms with van der Waals surface area (Å²) in [6.45, 7) is -0.0762. The topological polar surface area (TPSA) is 80.8 Å². The summed E-state index contributed by atoms with van der Waals surface area (Å²) >= 11 is 11.9. The number of hydrogen-bond acceptors (Lipinski definition) is 5. The van der Waals surface area contributed by atoms with Crippen molar-refractivity contribution < 1.29 is 22.7 Å². The van der Waals surface area contributed by atoms with Gasteiger partial charge in [0.2, 0.25) is 16.6 Å². The summed E-state index contributed by atoms with van der Waals surface area (Å²) in [5.41, 5.74) is 1.25. The number of carbonyl (C=O) groups is 2. The molecule has 1 atom stereocenters. The number of sulfone groups is 1. The van der Waals surface area contributed by atoms with E-state index in [1.54, 1.807) is 42.5 Å². The molecule has 6 nitrogen and oxygen atoms in total. The van der Waals surface area contributed by atoms with E-state index in [1.807, 2.05) is 0 Å². The van der Waals surface area contributed by atoms with Crippen LogP contribution in [-0.2, 0) is 25.2 Å². The number of carbonyl (C=O) groups excluding carboxylic acids is 2. The highest BCUT2D eigenvalue weighted by atomic mass is 35.5. The van der Waals surface area contributed by atoms with Gasteiger partial charge in [0.1, 0.15) is 5.75 Å². The molecule has 2 aliphatic heterocycles. The van der Waals surface area contributed by atoms with Gasteiger partial charge in [0.25, 0.3) is 0 Å². The zero-order valence-electron chi connectivity index (χ0n) is 15.9. The van der Waals surface area contributed by atoms with E-state index in [1.165, 1.54) is 13.2 Å². The number of β-lactam (4-membered cyclic amide) rings is 1. The van der Waals surface area contributed by atoms with Crippen LogP contribution >= 0.6 is 23.2 Å². The van der Waals surface area contributed by atoms with Crippen molar-refractivity contribution in [3.63, 3.8) is 0 Å². The monoisotopic (exact) mass is 465 g/mol. The first-order valence-electron chi connectivity index (χ1n) is 9.04. The number of hydrogen-bond donors (Lipinski definition) is 0. The van der Waals surface area contributed by atoms with Crippen molar-refractivity contribution in [3.8, 4) is 5.75 Å². The van der Waals surface area contributed by atoms with E-state index in [-0.39, 0.29) is 30.2 Å². The summed E-state index contributed by atoms with van der Waals surface area (Å²) in [6, 6.07) is 11.3. The lowest BCUT2D eigenvalue weighted by atomic mass is 9.99. The van der Waals surface area contributed by atoms with Crippen molar-refractivity contribution in [1.29, 1.82) is 0 Å². The lowest BCUT2D eigenvalue weighted by molar-refractivity contribution is -0.150. The summed E-state index contributed by atoms with van der Waals surface area (Å²) in [5.74, 6) is -0.839. The Hall–Kier alpha value is -2.35. The molecule has 0 N–H and O–H groups in total. The van der Waals surface area contributed by atoms with E-state index in [0.717, 1.165) is 4.90 Å². The first-order chi connectivity index (χ1) is 14.2. The van der Waals surface area contributed by atoms with E-state index < -0.39 is 20.5 Å². The zero-order chi connectivity index (χ0) is 21.7. The SMILES string of the molecule is COc1ccc(Cl)cc1C=C1CN2C(=O)CC2(S(=O)(=O)Cc2ccc(Cl)cc2)C1=O. The van der Waals surface area contributed by atoms with Gasteiger partial charge in [0.05, 0.1) is 25.8 Å². The molecule has 0 aliphatic carbocycles. The second kappa shape index (κ2) is 7.41. The van der Waals surface area contributed by atoms with Crippen molar-refractivity contribution >= 4 is 50.8 Å². The Kier molecular flexibility index (Phi) is 5.16. The van der Waals surface area contributed by atoms with Gasteiger partial charge in [-0.3, -0.25) is 9.59 Å². The summed E-state index contributed by atoms with van der Waals surface area (Å²) in [7, 11) is -2.52. The normalized spacial score (nSPS) is 22.2. The molecule has 1 amide bonds. The molecule has 2 fully saturated rings. The van der Waals surface area contributed by atoms with E-state index in [2.05, 4.69) is 0 Å². The molecule has 0 bridgehead atoms. The standard InChI is InChI=1S/C21H17Cl2NO5S/c1-29-18-7-6-17(23)9-14(18)8-15-11-24-19(25)10-21(24,20(15)26)30(27,28)12-13-2-4-16(22)5-3-13/h2-9H,10-12H2,1H3. The molecule has 2 heterocycles. The van der Waals surface area contributed by atoms with Gasteiger partial charge in [-0.2, -0.15) is 0 Å². The van der Waals surface area contributed by atoms with Gasteiger partial charge in [-0.05, 0) is 42.0 Å². The van der Waals surface area contributed by atoms with Crippen molar-refractivity contribution in [3.05, 3.63) is 69.2 Å². The highest BCUT2D eigenvalue weighted by molar-refractivity contribution is 7.93. The van der Waals surface area contributed by atoms with Crippen LogP contribution in [0.1, 0.15) is 17.5 Å². The fraction of sp³-hybridized carbons (Fsp3) is 0.238. The number of ether oxygens (including phenoxy) is 1. The van der Waals surface area contributed by atoms with Gasteiger partial charge >= 0.3 is 0 Å². The Bertz CT molecular complexity index is 1190. The summed E-state index contributed by atoms with van der Waals surface area (Å²) in [6.07, 6.45) is 1.18. The minimum Gasteiger partial charge on any atom is -0.496 e. The van der Waals surface area contributed by atoms with Crippen LogP contribution in [0, 0.1) is 0 Å². The predicted molar refractivity (Wildman–Crippen MR) is 114 cm³/mol. The molecule has 2 aromatic carbocycles. The second-order valence-corrected chi connectivity index (χ2v) is 10.3. The molecule has 30 heavy (non-hydrogen) atoms. The van der Waals surface area contributed by atoms with E-state index in [0.29, 0.717) is 26.9 Å². The quantitative estimate of drug-likeness (QED) is 0.498. The molecule has 156 valence electrons. The minimum absolute atomic E-state index is 0.0762. The van der Waals surface area contributed by atoms with E-state index in [9.17, 15) is 18.0 Å². The molecule has 2 aliphatic rings. The van der Waals surface area contributed by atoms with E-state index >= 15 is 0 Å². The molecule has 9 heteroatoms. The molecule has 2 aromatic rings. The van der Waals surface area contributed by atoms with Crippen LogP contribution in [-0.4, -0.2) is 43.5 Å². The molecule has 2 saturated heterocycles. The van der Waals surface area contributed by atoms with Gasteiger partial charge in [0, 0.05) is 21.2 Å². The summed E-state index contributed by atoms with van der Waals surface area (Å²) in [5, 5.41) is 0.921. The van der Waals surface area contributed by atoms with Crippen LogP contribution < -0.4 is 4.74 Å². The number of fused-ring (bicyclic) bond motifs is 1. The average Bonchev–Trinajstić information content (AvgIpc) is 2.92. The Balaban J connectivity index is 1.72. The molecular formula is C21H17Cl2NO5S. The smallest absolute Gasteiger partial charge is 0.228 e. The number of methoxy groups -OCH3 is 1. The first kappa shape index (κ1) is 20.9. The number of nitrogens with zero attached hydrogens (tertiary/aromatic N) is 1. The number of ketones is 1. The number of amides is 1. The van der Waals surface area contributed by atoms with Crippen molar-refractivity contribution in [2.45, 2.75) is 17.0 Å². The first-order valence-corrected chi connectivity index (χ1v) is 11.4. The maximum absolute atomic E-state index is 13.3. The van der Waals surface area contributed by atoms with Gasteiger partial charge in [-0.25, -0.2) is 8.42 Å². The van der Waals surface area contributed by atoms with Crippen molar-refractivity contribution in [2.24, 2.45) is 0 Å². The van der Waals surface area contributed by atoms with Gasteiger partial charge in [-0.15, -0.1) is 0 Å². The van der Waals surface area contributed by atoms with E-state index in [4.69, 9.17) is 27.9 Å². The minimum atomic E-state index is -4.00. The molecule has 0 radical (unpaired) electrons. The number of halogens is 2. The van der Waals surface area contributed by atoms with Crippen LogP contribution in [0.5, 0.6) is 5.75 Å². The lowest BCUT2D eigenvalue weighted by Gasteiger charge is -2.44. The molecule has 0 spiro atoms. The molecule has 1 unspecified atom stereocenters. The maximum atomic E-state index is 13.3. The zero-order valence-corrected chi connectivity index (χ0v) is 18.2. The number of rotatable bonds is 5. The predicted octanol–water partition coefficient (Wildman–Crippen LogP) is 3.51. The molecular weight excluding hydrogens is 449 g/mol. The van der Waals surface area contributed by atoms with Crippen molar-refractivity contribution in [2.75, 3.05) is 13.7 Å². The largest absolute Gasteiger partial charge is 0.496 e. The Labute approximate surface area is 184 Å². The second-order valence-electron chi connectivity index (χ2n) is 7.21. The third-order valence-corrected chi connectivity index (χ3v) is 8.19. The number of Topliss-reactive ketones (excluding diaryl/α,β-unsaturated/α-hetero) is 1. The third-order valence-electron chi connectivity index (χ3n) is 5.41. The fourth-order valence-corrected chi connectivity index (χ4v) is 6.31. The summed E-state index contributed by atoms with van der Waals surface area (Å²) < 4.78 is 31.9. The van der Waals surface area contributed by atoms with Gasteiger partial charge in [-0.1, -0.05) is 35.3 Å². The summed E-state index contributed by atoms with van der Waals surface area (Å²) in [4.78, 5) is 24.8. The Morgan fingerprint density at radius 2 is 1.77 bits per heavy atom. The number of benzene rings is 2. The van der Waals surface area contributed by atoms with Gasteiger partial charge < -0.3 is 9.64 Å². The Morgan fingerprint density at radius 1 is 1.10 bits per heavy atom. The lowest BCUT2D eigenvalue weighted by Crippen LogP contribution is -2.67. The third kappa shape index (κ3) is 3.21. The van der Waals surface area contributed by atoms with Crippen molar-refractivity contribution in [1.82, 2.24) is 4.90 Å². The van der Waals surface area contributed by atoms with Crippen LogP contribution in [0.25, 0.3) is 6.08 Å². The van der Waals surface area contributed by atoms with Crippen LogP contribution in [0.2, 0.25) is 10.0 Å². The van der Waals surface area contributed by atoms with Crippen LogP contribution in [0.4, 0.5) is 0 Å². The average molecular weight is 466 g/mol. The molecule has 4 rings (SSSR count). The molecule has 0 saturated carbocycles. The molecule has 0 aromatic heterocycles. The van der Waals surface area contributed by atoms with Crippen LogP contribution in [0.15, 0.2) is 48.0 Å². The fourth-order valence-electron chi connectivity index (χ4n) is 3.87.